The lowest BCUT2D eigenvalue weighted by atomic mass is 9.90. The van der Waals surface area contributed by atoms with Crippen LogP contribution >= 0.6 is 0 Å². The summed E-state index contributed by atoms with van der Waals surface area (Å²) in [7, 11) is 0. The van der Waals surface area contributed by atoms with E-state index in [1.807, 2.05) is 0 Å². The van der Waals surface area contributed by atoms with Gasteiger partial charge in [0.05, 0.1) is 0 Å². The molecule has 0 rings (SSSR count). The van der Waals surface area contributed by atoms with Crippen LogP contribution in [0.4, 0.5) is 0 Å². The van der Waals surface area contributed by atoms with Crippen LogP contribution in [0.5, 0.6) is 0 Å². The molecule has 0 aliphatic carbocycles. The zero-order valence-electron chi connectivity index (χ0n) is 12.6. The molecule has 0 radical (unpaired) electrons. The van der Waals surface area contributed by atoms with E-state index in [2.05, 4.69) is 62.3 Å². The molecule has 0 heteroatoms. The van der Waals surface area contributed by atoms with Crippen LogP contribution in [-0.4, -0.2) is 0 Å². The summed E-state index contributed by atoms with van der Waals surface area (Å²) in [6.45, 7) is 20.5. The molecule has 0 fully saturated rings. The summed E-state index contributed by atoms with van der Waals surface area (Å²) in [5.74, 6) is 4.31. The molecule has 0 heterocycles. The van der Waals surface area contributed by atoms with Crippen LogP contribution < -0.4 is 0 Å². The molecule has 0 N–H and O–H groups in total. The normalized spacial score (nSPS) is 13.4. The molecule has 0 amide bonds. The fourth-order valence-electron chi connectivity index (χ4n) is 1.02. The summed E-state index contributed by atoms with van der Waals surface area (Å²) in [4.78, 5) is 0. The maximum atomic E-state index is 2.34. The zero-order chi connectivity index (χ0) is 12.6. The highest BCUT2D eigenvalue weighted by atomic mass is 14.1. The molecule has 0 saturated heterocycles. The second kappa shape index (κ2) is 9.24. The number of hydrogen-bond donors (Lipinski definition) is 0. The minimum atomic E-state index is 0.852. The van der Waals surface area contributed by atoms with Gasteiger partial charge in [-0.1, -0.05) is 62.3 Å². The van der Waals surface area contributed by atoms with Crippen LogP contribution in [0.2, 0.25) is 0 Å². The molecule has 0 saturated carbocycles. The summed E-state index contributed by atoms with van der Waals surface area (Å²) >= 11 is 0. The van der Waals surface area contributed by atoms with Crippen molar-refractivity contribution in [2.24, 2.45) is 29.6 Å². The van der Waals surface area contributed by atoms with Crippen LogP contribution in [0.25, 0.3) is 0 Å². The Morgan fingerprint density at radius 3 is 0.933 bits per heavy atom. The van der Waals surface area contributed by atoms with Gasteiger partial charge in [-0.2, -0.15) is 0 Å². The standard InChI is InChI=1S/C9H20.C6H14/c1-7(2)6-9(5)8(3)4;1-5(2)6(3)4/h7-9H,6H2,1-5H3;5-6H,1-4H3. The van der Waals surface area contributed by atoms with E-state index in [9.17, 15) is 0 Å². The average Bonchev–Trinajstić information content (AvgIpc) is 2.03. The van der Waals surface area contributed by atoms with Gasteiger partial charge >= 0.3 is 0 Å². The molecule has 1 unspecified atom stereocenters. The van der Waals surface area contributed by atoms with Crippen LogP contribution in [0, 0.1) is 29.6 Å². The van der Waals surface area contributed by atoms with Crippen molar-refractivity contribution in [2.45, 2.75) is 68.7 Å². The molecule has 0 aliphatic rings. The molecule has 0 bridgehead atoms. The zero-order valence-corrected chi connectivity index (χ0v) is 12.6. The van der Waals surface area contributed by atoms with E-state index >= 15 is 0 Å². The second-order valence-corrected chi connectivity index (χ2v) is 6.34. The first-order valence-electron chi connectivity index (χ1n) is 6.68. The van der Waals surface area contributed by atoms with Gasteiger partial charge in [-0.3, -0.25) is 0 Å². The summed E-state index contributed by atoms with van der Waals surface area (Å²) in [5.41, 5.74) is 0. The van der Waals surface area contributed by atoms with Crippen molar-refractivity contribution in [3.63, 3.8) is 0 Å². The highest BCUT2D eigenvalue weighted by molar-refractivity contribution is 4.58. The fraction of sp³-hybridized carbons (Fsp3) is 1.00. The molecule has 15 heavy (non-hydrogen) atoms. The number of hydrogen-bond acceptors (Lipinski definition) is 0. The Bertz CT molecular complexity index is 114. The molecule has 1 atom stereocenters. The molecule has 0 aromatic carbocycles. The lowest BCUT2D eigenvalue weighted by Crippen LogP contribution is -2.06. The Morgan fingerprint density at radius 1 is 0.533 bits per heavy atom. The van der Waals surface area contributed by atoms with Gasteiger partial charge in [0.25, 0.3) is 0 Å². The van der Waals surface area contributed by atoms with Gasteiger partial charge in [-0.05, 0) is 36.0 Å². The van der Waals surface area contributed by atoms with Crippen molar-refractivity contribution < 1.29 is 0 Å². The van der Waals surface area contributed by atoms with Gasteiger partial charge in [-0.15, -0.1) is 0 Å². The molecule has 0 aliphatic heterocycles. The largest absolute Gasteiger partial charge is 0.0628 e. The van der Waals surface area contributed by atoms with Crippen molar-refractivity contribution in [2.75, 3.05) is 0 Å². The second-order valence-electron chi connectivity index (χ2n) is 6.34. The van der Waals surface area contributed by atoms with E-state index < -0.39 is 0 Å². The Kier molecular flexibility index (Phi) is 10.7. The third kappa shape index (κ3) is 14.0. The molecule has 0 spiro atoms. The Hall–Kier alpha value is 0. The first-order chi connectivity index (χ1) is 6.68. The third-order valence-corrected chi connectivity index (χ3v) is 3.31. The van der Waals surface area contributed by atoms with Crippen LogP contribution in [0.1, 0.15) is 68.7 Å². The quantitative estimate of drug-likeness (QED) is 0.569. The minimum absolute atomic E-state index is 0.852. The Balaban J connectivity index is 0. The smallest absolute Gasteiger partial charge is 0.0417 e. The van der Waals surface area contributed by atoms with E-state index in [-0.39, 0.29) is 0 Å². The van der Waals surface area contributed by atoms with E-state index in [1.165, 1.54) is 6.42 Å². The van der Waals surface area contributed by atoms with E-state index in [0.717, 1.165) is 29.6 Å². The van der Waals surface area contributed by atoms with Gasteiger partial charge < -0.3 is 0 Å². The fourth-order valence-corrected chi connectivity index (χ4v) is 1.02. The lowest BCUT2D eigenvalue weighted by molar-refractivity contribution is 0.344. The molecular formula is C15H34. The third-order valence-electron chi connectivity index (χ3n) is 3.31. The highest BCUT2D eigenvalue weighted by Gasteiger charge is 2.07. The van der Waals surface area contributed by atoms with E-state index in [1.54, 1.807) is 0 Å². The monoisotopic (exact) mass is 214 g/mol. The first kappa shape index (κ1) is 17.4. The van der Waals surface area contributed by atoms with Crippen molar-refractivity contribution in [3.05, 3.63) is 0 Å². The van der Waals surface area contributed by atoms with Crippen LogP contribution in [-0.2, 0) is 0 Å². The highest BCUT2D eigenvalue weighted by Crippen LogP contribution is 2.18. The summed E-state index contributed by atoms with van der Waals surface area (Å²) in [5, 5.41) is 0. The SMILES string of the molecule is CC(C)C(C)C.CC(C)CC(C)C(C)C. The summed E-state index contributed by atoms with van der Waals surface area (Å²) in [6, 6.07) is 0. The maximum absolute atomic E-state index is 2.34. The van der Waals surface area contributed by atoms with Crippen LogP contribution in [0.3, 0.4) is 0 Å². The van der Waals surface area contributed by atoms with Gasteiger partial charge in [0.1, 0.15) is 0 Å². The van der Waals surface area contributed by atoms with Crippen LogP contribution in [0.15, 0.2) is 0 Å². The molecule has 0 aromatic rings. The number of rotatable bonds is 4. The summed E-state index contributed by atoms with van der Waals surface area (Å²) in [6.07, 6.45) is 1.37. The van der Waals surface area contributed by atoms with Crippen molar-refractivity contribution in [3.8, 4) is 0 Å². The van der Waals surface area contributed by atoms with E-state index in [0.29, 0.717) is 0 Å². The van der Waals surface area contributed by atoms with Crippen molar-refractivity contribution in [1.29, 1.82) is 0 Å². The van der Waals surface area contributed by atoms with Gasteiger partial charge in [0.2, 0.25) is 0 Å². The van der Waals surface area contributed by atoms with Crippen molar-refractivity contribution >= 4 is 0 Å². The van der Waals surface area contributed by atoms with Gasteiger partial charge in [0.15, 0.2) is 0 Å². The maximum Gasteiger partial charge on any atom is -0.0417 e. The van der Waals surface area contributed by atoms with Gasteiger partial charge in [0, 0.05) is 0 Å². The lowest BCUT2D eigenvalue weighted by Gasteiger charge is -2.16. The Labute approximate surface area is 98.9 Å². The van der Waals surface area contributed by atoms with Crippen molar-refractivity contribution in [1.82, 2.24) is 0 Å². The molecule has 0 aromatic heterocycles. The predicted octanol–water partition coefficient (Wildman–Crippen LogP) is 5.62. The average molecular weight is 214 g/mol. The molecular weight excluding hydrogens is 180 g/mol. The topological polar surface area (TPSA) is 0 Å². The first-order valence-corrected chi connectivity index (χ1v) is 6.68. The Morgan fingerprint density at radius 2 is 0.867 bits per heavy atom. The van der Waals surface area contributed by atoms with E-state index in [4.69, 9.17) is 0 Å². The minimum Gasteiger partial charge on any atom is -0.0628 e. The van der Waals surface area contributed by atoms with Gasteiger partial charge in [-0.25, -0.2) is 0 Å². The summed E-state index contributed by atoms with van der Waals surface area (Å²) < 4.78 is 0. The molecule has 94 valence electrons. The predicted molar refractivity (Wildman–Crippen MR) is 73.1 cm³/mol. The molecule has 0 nitrogen and oxygen atoms in total.